The number of nitrogens with one attached hydrogen (secondary N) is 1. The largest absolute Gasteiger partial charge is 0.489 e. The fraction of sp³-hybridized carbons (Fsp3) is 0.333. The topological polar surface area (TPSA) is 61.9 Å². The van der Waals surface area contributed by atoms with Crippen LogP contribution in [-0.2, 0) is 24.5 Å². The van der Waals surface area contributed by atoms with Crippen molar-refractivity contribution in [2.75, 3.05) is 13.1 Å². The Bertz CT molecular complexity index is 1430. The molecule has 2 amide bonds. The lowest BCUT2D eigenvalue weighted by molar-refractivity contribution is -0.126. The summed E-state index contributed by atoms with van der Waals surface area (Å²) in [4.78, 5) is 29.8. The maximum atomic E-state index is 13.1. The minimum atomic E-state index is -0.478. The molecule has 2 saturated heterocycles. The van der Waals surface area contributed by atoms with Gasteiger partial charge in [-0.1, -0.05) is 60.6 Å². The lowest BCUT2D eigenvalue weighted by Crippen LogP contribution is -2.49. The first kappa shape index (κ1) is 26.6. The van der Waals surface area contributed by atoms with E-state index in [-0.39, 0.29) is 11.8 Å². The molecule has 0 spiro atoms. The van der Waals surface area contributed by atoms with Gasteiger partial charge in [0, 0.05) is 28.4 Å². The Labute approximate surface area is 240 Å². The minimum absolute atomic E-state index is 0.117. The van der Waals surface area contributed by atoms with E-state index in [4.69, 9.17) is 16.3 Å². The molecule has 40 heavy (non-hydrogen) atoms. The highest BCUT2D eigenvalue weighted by Gasteiger charge is 2.39. The van der Waals surface area contributed by atoms with Crippen molar-refractivity contribution in [2.24, 2.45) is 0 Å². The van der Waals surface area contributed by atoms with Crippen LogP contribution in [0.2, 0.25) is 5.02 Å². The summed E-state index contributed by atoms with van der Waals surface area (Å²) in [6.07, 6.45) is 3.56. The van der Waals surface area contributed by atoms with E-state index >= 15 is 0 Å². The Hall–Kier alpha value is -3.61. The molecule has 3 aromatic carbocycles. The van der Waals surface area contributed by atoms with E-state index in [0.29, 0.717) is 48.9 Å². The zero-order chi connectivity index (χ0) is 27.6. The molecule has 0 aliphatic carbocycles. The Morgan fingerprint density at radius 3 is 2.45 bits per heavy atom. The highest BCUT2D eigenvalue weighted by atomic mass is 35.5. The molecule has 0 radical (unpaired) electrons. The van der Waals surface area contributed by atoms with Gasteiger partial charge in [-0.3, -0.25) is 14.5 Å². The van der Waals surface area contributed by atoms with E-state index in [0.717, 1.165) is 48.6 Å². The Morgan fingerprint density at radius 2 is 1.70 bits per heavy atom. The molecule has 1 atom stereocenters. The number of allylic oxidation sites excluding steroid dienone is 1. The summed E-state index contributed by atoms with van der Waals surface area (Å²) in [6.45, 7) is 7.73. The van der Waals surface area contributed by atoms with Crippen molar-refractivity contribution in [3.05, 3.63) is 112 Å². The van der Waals surface area contributed by atoms with Gasteiger partial charge < -0.3 is 15.0 Å². The quantitative estimate of drug-likeness (QED) is 0.386. The summed E-state index contributed by atoms with van der Waals surface area (Å²) in [5.74, 6) is 0.997. The van der Waals surface area contributed by atoms with Crippen molar-refractivity contribution in [1.82, 2.24) is 15.1 Å². The second kappa shape index (κ2) is 11.5. The molecular weight excluding hydrogens is 522 g/mol. The van der Waals surface area contributed by atoms with Crippen molar-refractivity contribution < 1.29 is 14.3 Å². The normalized spacial score (nSPS) is 20.0. The van der Waals surface area contributed by atoms with Crippen LogP contribution in [0.25, 0.3) is 0 Å². The molecule has 0 bridgehead atoms. The van der Waals surface area contributed by atoms with E-state index in [9.17, 15) is 9.59 Å². The molecule has 0 aromatic heterocycles. The number of ether oxygens (including phenoxy) is 1. The molecule has 0 saturated carbocycles. The van der Waals surface area contributed by atoms with Crippen LogP contribution in [-0.4, -0.2) is 40.7 Å². The molecule has 7 heteroatoms. The van der Waals surface area contributed by atoms with Gasteiger partial charge in [-0.05, 0) is 85.6 Å². The monoisotopic (exact) mass is 555 g/mol. The van der Waals surface area contributed by atoms with Crippen LogP contribution in [0.4, 0.5) is 0 Å². The third-order valence-corrected chi connectivity index (χ3v) is 8.62. The number of likely N-dealkylation sites (tertiary alicyclic amines) is 1. The fourth-order valence-electron chi connectivity index (χ4n) is 6.12. The lowest BCUT2D eigenvalue weighted by Gasteiger charge is -2.32. The molecule has 3 aromatic rings. The number of rotatable bonds is 7. The Kier molecular flexibility index (Phi) is 7.63. The van der Waals surface area contributed by atoms with Gasteiger partial charge in [0.2, 0.25) is 5.91 Å². The molecule has 3 aliphatic heterocycles. The van der Waals surface area contributed by atoms with E-state index in [1.807, 2.05) is 30.3 Å². The predicted octanol–water partition coefficient (Wildman–Crippen LogP) is 6.05. The summed E-state index contributed by atoms with van der Waals surface area (Å²) in [6, 6.07) is 22.0. The summed E-state index contributed by atoms with van der Waals surface area (Å²) in [5, 5.41) is 3.61. The summed E-state index contributed by atoms with van der Waals surface area (Å²) in [7, 11) is 0. The van der Waals surface area contributed by atoms with Crippen molar-refractivity contribution in [2.45, 2.75) is 57.3 Å². The standard InChI is InChI=1S/C33H34ClN3O3/c1-22-8-13-30(32(38)35-22)37-20-29-28(33(37)39)6-3-7-31(29)40-21-24-11-9-23(10-12-24)19-36-16-14-25(15-17-36)26-4-2-5-27(34)18-26/h2-7,9-12,18,25,30H,1,8,13-17,19-21H2,(H,35,38). The predicted molar refractivity (Wildman–Crippen MR) is 156 cm³/mol. The van der Waals surface area contributed by atoms with Gasteiger partial charge in [-0.15, -0.1) is 0 Å². The van der Waals surface area contributed by atoms with Crippen LogP contribution >= 0.6 is 11.6 Å². The Morgan fingerprint density at radius 1 is 0.950 bits per heavy atom. The van der Waals surface area contributed by atoms with E-state index in [2.05, 4.69) is 53.2 Å². The number of hydrogen-bond donors (Lipinski definition) is 1. The average Bonchev–Trinajstić information content (AvgIpc) is 3.29. The maximum absolute atomic E-state index is 13.1. The number of amides is 2. The average molecular weight is 556 g/mol. The number of piperidine rings is 2. The molecule has 6 rings (SSSR count). The van der Waals surface area contributed by atoms with Gasteiger partial charge in [0.25, 0.3) is 5.91 Å². The van der Waals surface area contributed by atoms with E-state index in [1.165, 1.54) is 11.1 Å². The van der Waals surface area contributed by atoms with Crippen LogP contribution in [0.15, 0.2) is 79.0 Å². The van der Waals surface area contributed by atoms with E-state index in [1.54, 1.807) is 4.90 Å². The van der Waals surface area contributed by atoms with Crippen LogP contribution in [0.1, 0.15) is 64.2 Å². The first-order valence-electron chi connectivity index (χ1n) is 14.0. The third-order valence-electron chi connectivity index (χ3n) is 8.38. The number of nitrogens with zero attached hydrogens (tertiary/aromatic N) is 2. The number of halogens is 1. The zero-order valence-corrected chi connectivity index (χ0v) is 23.3. The molecule has 3 heterocycles. The van der Waals surface area contributed by atoms with Crippen LogP contribution in [0.3, 0.4) is 0 Å². The molecule has 206 valence electrons. The number of carbonyl (C=O) groups is 2. The van der Waals surface area contributed by atoms with Gasteiger partial charge in [0.15, 0.2) is 0 Å². The second-order valence-electron chi connectivity index (χ2n) is 11.1. The number of fused-ring (bicyclic) bond motifs is 1. The molecular formula is C33H34ClN3O3. The Balaban J connectivity index is 1.03. The van der Waals surface area contributed by atoms with Gasteiger partial charge in [0.05, 0.1) is 6.54 Å². The van der Waals surface area contributed by atoms with Crippen LogP contribution < -0.4 is 10.1 Å². The molecule has 6 nitrogen and oxygen atoms in total. The maximum Gasteiger partial charge on any atom is 0.255 e. The molecule has 3 aliphatic rings. The highest BCUT2D eigenvalue weighted by Crippen LogP contribution is 2.34. The van der Waals surface area contributed by atoms with E-state index < -0.39 is 6.04 Å². The first-order valence-corrected chi connectivity index (χ1v) is 14.4. The summed E-state index contributed by atoms with van der Waals surface area (Å²) < 4.78 is 6.20. The van der Waals surface area contributed by atoms with Gasteiger partial charge in [0.1, 0.15) is 18.4 Å². The van der Waals surface area contributed by atoms with Crippen molar-refractivity contribution >= 4 is 23.4 Å². The lowest BCUT2D eigenvalue weighted by atomic mass is 9.89. The number of carbonyl (C=O) groups excluding carboxylic acids is 2. The first-order chi connectivity index (χ1) is 19.4. The number of benzene rings is 3. The van der Waals surface area contributed by atoms with Gasteiger partial charge in [-0.25, -0.2) is 0 Å². The molecule has 1 unspecified atom stereocenters. The summed E-state index contributed by atoms with van der Waals surface area (Å²) >= 11 is 6.19. The van der Waals surface area contributed by atoms with Crippen molar-refractivity contribution in [1.29, 1.82) is 0 Å². The minimum Gasteiger partial charge on any atom is -0.489 e. The van der Waals surface area contributed by atoms with Crippen LogP contribution in [0.5, 0.6) is 5.75 Å². The smallest absolute Gasteiger partial charge is 0.255 e. The highest BCUT2D eigenvalue weighted by molar-refractivity contribution is 6.30. The zero-order valence-electron chi connectivity index (χ0n) is 22.6. The summed E-state index contributed by atoms with van der Waals surface area (Å²) in [5.41, 5.74) is 5.89. The van der Waals surface area contributed by atoms with Crippen molar-refractivity contribution in [3.8, 4) is 5.75 Å². The van der Waals surface area contributed by atoms with Gasteiger partial charge >= 0.3 is 0 Å². The van der Waals surface area contributed by atoms with Crippen molar-refractivity contribution in [3.63, 3.8) is 0 Å². The fourth-order valence-corrected chi connectivity index (χ4v) is 6.32. The van der Waals surface area contributed by atoms with Crippen LogP contribution in [0, 0.1) is 0 Å². The molecule has 1 N–H and O–H groups in total. The number of hydrogen-bond acceptors (Lipinski definition) is 4. The third kappa shape index (κ3) is 5.65. The van der Waals surface area contributed by atoms with Gasteiger partial charge in [-0.2, -0.15) is 0 Å². The SMILES string of the molecule is C=C1CCC(N2Cc3c(OCc4ccc(CN5CCC(c6cccc(Cl)c6)CC5)cc4)cccc3C2=O)C(=O)N1. The second-order valence-corrected chi connectivity index (χ2v) is 11.5. The molecule has 2 fully saturated rings.